The van der Waals surface area contributed by atoms with E-state index in [1.165, 1.54) is 77.4 Å². The van der Waals surface area contributed by atoms with E-state index in [9.17, 15) is 0 Å². The van der Waals surface area contributed by atoms with Crippen LogP contribution in [-0.4, -0.2) is 20.5 Å². The first-order valence-electron chi connectivity index (χ1n) is 17.3. The first kappa shape index (κ1) is 25.4. The molecule has 8 heterocycles. The minimum absolute atomic E-state index is 0.143. The zero-order chi connectivity index (χ0) is 32.3. The molecule has 0 radical (unpaired) electrons. The summed E-state index contributed by atoms with van der Waals surface area (Å²) in [5.74, 6) is 4.62. The van der Waals surface area contributed by atoms with Crippen LogP contribution in [0, 0.1) is 0 Å². The van der Waals surface area contributed by atoms with Gasteiger partial charge < -0.3 is 9.47 Å². The predicted octanol–water partition coefficient (Wildman–Crippen LogP) is 6.81. The van der Waals surface area contributed by atoms with Gasteiger partial charge in [0, 0.05) is 27.3 Å². The second-order valence-electron chi connectivity index (χ2n) is 13.9. The van der Waals surface area contributed by atoms with Crippen LogP contribution >= 0.6 is 0 Å². The van der Waals surface area contributed by atoms with Crippen molar-refractivity contribution < 1.29 is 9.25 Å². The molecule has 0 saturated carbocycles. The average Bonchev–Trinajstić information content (AvgIpc) is 3.92. The van der Waals surface area contributed by atoms with E-state index in [1.54, 1.807) is 0 Å². The van der Waals surface area contributed by atoms with Gasteiger partial charge in [-0.2, -0.15) is 9.13 Å². The van der Waals surface area contributed by atoms with Gasteiger partial charge in [0.1, 0.15) is 22.3 Å². The van der Waals surface area contributed by atoms with Gasteiger partial charge in [-0.05, 0) is 79.1 Å². The second kappa shape index (κ2) is 8.51. The molecule has 230 valence electrons. The molecule has 6 nitrogen and oxygen atoms in total. The molecular formula is C43H27BN6+2. The Balaban J connectivity index is 1.17. The van der Waals surface area contributed by atoms with E-state index >= 15 is 0 Å². The molecule has 50 heavy (non-hydrogen) atoms. The van der Waals surface area contributed by atoms with Crippen LogP contribution in [0.4, 0.5) is 5.69 Å². The molecule has 1 unspecified atom stereocenters. The van der Waals surface area contributed by atoms with Crippen molar-refractivity contribution in [1.29, 1.82) is 0 Å². The number of anilines is 1. The second-order valence-corrected chi connectivity index (χ2v) is 13.9. The SMILES string of the molecule is C1=CN(c2ccccc2)C=CB1c1cn2[n+](c1)C13c4c(cccc4-n4c5ccccc5c5ccc[n+]1c54)-n1c4ccccc4c4ccc-2c3c41. The van der Waals surface area contributed by atoms with E-state index in [4.69, 9.17) is 0 Å². The molecule has 0 amide bonds. The summed E-state index contributed by atoms with van der Waals surface area (Å²) in [6.45, 7) is 0.143. The molecule has 4 aromatic heterocycles. The molecule has 5 aromatic carbocycles. The number of hydrogen-bond acceptors (Lipinski definition) is 1. The highest BCUT2D eigenvalue weighted by atomic mass is 15.5. The molecule has 0 fully saturated rings. The molecular weight excluding hydrogens is 611 g/mol. The van der Waals surface area contributed by atoms with Crippen molar-refractivity contribution in [3.8, 4) is 17.1 Å². The fourth-order valence-corrected chi connectivity index (χ4v) is 9.78. The third-order valence-corrected chi connectivity index (χ3v) is 11.7. The van der Waals surface area contributed by atoms with Gasteiger partial charge >= 0.3 is 11.3 Å². The first-order valence-corrected chi connectivity index (χ1v) is 17.3. The number of hydrogen-bond donors (Lipinski definition) is 0. The van der Waals surface area contributed by atoms with Crippen LogP contribution in [0.2, 0.25) is 0 Å². The number of nitrogens with zero attached hydrogens (tertiary/aromatic N) is 6. The summed E-state index contributed by atoms with van der Waals surface area (Å²) in [5.41, 5.74) is 13.0. The van der Waals surface area contributed by atoms with E-state index in [0.717, 1.165) is 5.69 Å². The molecule has 0 aliphatic carbocycles. The quantitative estimate of drug-likeness (QED) is 0.151. The van der Waals surface area contributed by atoms with Gasteiger partial charge in [-0.1, -0.05) is 71.2 Å². The average molecular weight is 639 g/mol. The van der Waals surface area contributed by atoms with E-state index in [-0.39, 0.29) is 6.71 Å². The Hall–Kier alpha value is -6.60. The summed E-state index contributed by atoms with van der Waals surface area (Å²) in [6.07, 6.45) is 11.5. The molecule has 0 bridgehead atoms. The third kappa shape index (κ3) is 2.69. The maximum absolute atomic E-state index is 2.57. The molecule has 7 heteroatoms. The van der Waals surface area contributed by atoms with E-state index in [0.29, 0.717) is 0 Å². The van der Waals surface area contributed by atoms with Crippen LogP contribution < -0.4 is 19.6 Å². The lowest BCUT2D eigenvalue weighted by Crippen LogP contribution is -2.76. The van der Waals surface area contributed by atoms with E-state index in [1.807, 2.05) is 0 Å². The molecule has 1 spiro atoms. The fraction of sp³-hybridized carbons (Fsp3) is 0.0233. The van der Waals surface area contributed by atoms with Gasteiger partial charge in [0.25, 0.3) is 0 Å². The Morgan fingerprint density at radius 1 is 0.560 bits per heavy atom. The number of rotatable bonds is 2. The fourth-order valence-electron chi connectivity index (χ4n) is 9.78. The van der Waals surface area contributed by atoms with Crippen molar-refractivity contribution in [3.63, 3.8) is 0 Å². The maximum atomic E-state index is 2.57. The van der Waals surface area contributed by atoms with Gasteiger partial charge in [0.15, 0.2) is 11.9 Å². The Labute approximate surface area is 286 Å². The van der Waals surface area contributed by atoms with Crippen LogP contribution in [0.25, 0.3) is 60.8 Å². The van der Waals surface area contributed by atoms with Crippen LogP contribution in [0.15, 0.2) is 164 Å². The Bertz CT molecular complexity index is 3040. The van der Waals surface area contributed by atoms with E-state index in [2.05, 4.69) is 192 Å². The molecule has 13 rings (SSSR count). The van der Waals surface area contributed by atoms with Crippen molar-refractivity contribution in [3.05, 3.63) is 175 Å². The predicted molar refractivity (Wildman–Crippen MR) is 199 cm³/mol. The van der Waals surface area contributed by atoms with Crippen molar-refractivity contribution in [2.24, 2.45) is 0 Å². The largest absolute Gasteiger partial charge is 0.394 e. The monoisotopic (exact) mass is 638 g/mol. The highest BCUT2D eigenvalue weighted by Gasteiger charge is 2.68. The topological polar surface area (TPSA) is 25.8 Å². The lowest BCUT2D eigenvalue weighted by molar-refractivity contribution is -0.987. The minimum atomic E-state index is -0.647. The van der Waals surface area contributed by atoms with Crippen molar-refractivity contribution in [2.75, 3.05) is 4.90 Å². The lowest BCUT2D eigenvalue weighted by Gasteiger charge is -2.33. The Morgan fingerprint density at radius 2 is 1.26 bits per heavy atom. The zero-order valence-electron chi connectivity index (χ0n) is 26.8. The minimum Gasteiger partial charge on any atom is -0.326 e. The zero-order valence-corrected chi connectivity index (χ0v) is 26.8. The molecule has 4 aliphatic rings. The molecule has 4 aliphatic heterocycles. The van der Waals surface area contributed by atoms with E-state index < -0.39 is 5.66 Å². The van der Waals surface area contributed by atoms with Gasteiger partial charge in [-0.25, -0.2) is 0 Å². The number of benzene rings is 5. The normalized spacial score (nSPS) is 17.4. The number of fused-ring (bicyclic) bond motifs is 10. The highest BCUT2D eigenvalue weighted by molar-refractivity contribution is 6.82. The van der Waals surface area contributed by atoms with Gasteiger partial charge in [-0.3, -0.25) is 0 Å². The van der Waals surface area contributed by atoms with Gasteiger partial charge in [-0.15, -0.1) is 4.68 Å². The maximum Gasteiger partial charge on any atom is 0.394 e. The molecule has 0 saturated heterocycles. The van der Waals surface area contributed by atoms with Crippen LogP contribution in [0.3, 0.4) is 0 Å². The standard InChI is InChI=1S/C43H27BN6/c1-2-10-29(11-3-1)45-24-21-44(22-25-45)28-26-47-36-20-19-32-30-12-4-6-15-34(30)49-37-17-8-18-38-39(37)43(48(47)27-28,40(36)41(32)49)46-23-9-14-33-31-13-5-7-16-35(31)50(38)42(33)46/h1-27H/q+2. The summed E-state index contributed by atoms with van der Waals surface area (Å²) < 4.78 is 12.6. The summed E-state index contributed by atoms with van der Waals surface area (Å²) in [4.78, 5) is 2.19. The van der Waals surface area contributed by atoms with Crippen LogP contribution in [0.1, 0.15) is 11.1 Å². The van der Waals surface area contributed by atoms with Gasteiger partial charge in [0.2, 0.25) is 6.71 Å². The Kier molecular flexibility index (Phi) is 4.33. The smallest absolute Gasteiger partial charge is 0.326 e. The summed E-state index contributed by atoms with van der Waals surface area (Å²) in [7, 11) is 0. The highest BCUT2D eigenvalue weighted by Crippen LogP contribution is 2.53. The van der Waals surface area contributed by atoms with Crippen LogP contribution in [-0.2, 0) is 5.66 Å². The van der Waals surface area contributed by atoms with Crippen LogP contribution in [0.5, 0.6) is 0 Å². The molecule has 1 atom stereocenters. The van der Waals surface area contributed by atoms with Crippen molar-refractivity contribution >= 4 is 61.6 Å². The number of para-hydroxylation sites is 3. The lowest BCUT2D eigenvalue weighted by atomic mass is 9.45. The molecule has 9 aromatic rings. The number of aromatic nitrogens is 5. The number of pyridine rings is 1. The van der Waals surface area contributed by atoms with Crippen molar-refractivity contribution in [1.82, 2.24) is 13.8 Å². The third-order valence-electron chi connectivity index (χ3n) is 11.7. The summed E-state index contributed by atoms with van der Waals surface area (Å²) in [6, 6.07) is 44.4. The Morgan fingerprint density at radius 3 is 2.08 bits per heavy atom. The summed E-state index contributed by atoms with van der Waals surface area (Å²) in [5, 5.41) is 5.11. The van der Waals surface area contributed by atoms with Gasteiger partial charge in [0.05, 0.1) is 34.5 Å². The summed E-state index contributed by atoms with van der Waals surface area (Å²) >= 11 is 0. The molecule has 0 N–H and O–H groups in total. The first-order chi connectivity index (χ1) is 24.8. The van der Waals surface area contributed by atoms with Crippen molar-refractivity contribution in [2.45, 2.75) is 5.66 Å².